The van der Waals surface area contributed by atoms with Crippen LogP contribution in [-0.2, 0) is 17.8 Å². The standard InChI is InChI=1S/C37H20F6N6O2/c1-35(2,33-19(16-44)17-48(46-33)27-14-6-10-22-20-8-4-12-24(36(38,39)40)29(20)50-31(22)27)34-26(45-3)18-49(47-34)28-15-7-11-23-21-9-5-13-25(37(41,42)43)30(21)51-32(23)28/h4-15,17-18H,1-2H3. The van der Waals surface area contributed by atoms with Gasteiger partial charge in [-0.1, -0.05) is 48.5 Å². The van der Waals surface area contributed by atoms with Crippen LogP contribution in [0.4, 0.5) is 32.0 Å². The number of benzene rings is 4. The number of alkyl halides is 6. The molecular weight excluding hydrogens is 674 g/mol. The van der Waals surface area contributed by atoms with Crippen molar-refractivity contribution in [3.05, 3.63) is 125 Å². The minimum atomic E-state index is -4.66. The highest BCUT2D eigenvalue weighted by Gasteiger charge is 2.38. The second-order valence-electron chi connectivity index (χ2n) is 12.4. The normalized spacial score (nSPS) is 12.7. The number of furan rings is 2. The molecule has 0 aliphatic carbocycles. The van der Waals surface area contributed by atoms with Crippen LogP contribution in [0.2, 0.25) is 0 Å². The average molecular weight is 695 g/mol. The number of aromatic nitrogens is 4. The zero-order valence-corrected chi connectivity index (χ0v) is 26.4. The number of hydrogen-bond acceptors (Lipinski definition) is 5. The monoisotopic (exact) mass is 694 g/mol. The Balaban J connectivity index is 1.26. The van der Waals surface area contributed by atoms with E-state index in [2.05, 4.69) is 10.9 Å². The fourth-order valence-electron chi connectivity index (χ4n) is 6.59. The molecule has 0 unspecified atom stereocenters. The van der Waals surface area contributed by atoms with Gasteiger partial charge in [-0.15, -0.1) is 0 Å². The highest BCUT2D eigenvalue weighted by Crippen LogP contribution is 2.44. The van der Waals surface area contributed by atoms with E-state index in [1.165, 1.54) is 46.0 Å². The molecule has 0 atom stereocenters. The Morgan fingerprint density at radius 3 is 1.53 bits per heavy atom. The van der Waals surface area contributed by atoms with Crippen LogP contribution in [0.15, 0.2) is 94.0 Å². The lowest BCUT2D eigenvalue weighted by atomic mass is 9.83. The molecule has 252 valence electrons. The van der Waals surface area contributed by atoms with Gasteiger partial charge >= 0.3 is 12.4 Å². The number of fused-ring (bicyclic) bond motifs is 6. The maximum atomic E-state index is 13.8. The molecule has 0 saturated heterocycles. The number of nitriles is 1. The zero-order chi connectivity index (χ0) is 36.0. The summed E-state index contributed by atoms with van der Waals surface area (Å²) in [7, 11) is 0. The van der Waals surface area contributed by atoms with Gasteiger partial charge in [-0.25, -0.2) is 14.2 Å². The topological polar surface area (TPSA) is 90.1 Å². The molecule has 8 nitrogen and oxygen atoms in total. The van der Waals surface area contributed by atoms with Gasteiger partial charge in [0.1, 0.15) is 28.6 Å². The largest absolute Gasteiger partial charge is 0.453 e. The molecule has 0 bridgehead atoms. The summed E-state index contributed by atoms with van der Waals surface area (Å²) in [6.45, 7) is 11.3. The lowest BCUT2D eigenvalue weighted by Crippen LogP contribution is -2.22. The summed E-state index contributed by atoms with van der Waals surface area (Å²) in [5.74, 6) is 0. The SMILES string of the molecule is [C-]#[N+]c1cn(-c2cccc3c2oc2c(C(F)(F)F)cccc23)nc1C(C)(C)c1nn(-c2cccc3c2oc2c(C(F)(F)F)cccc23)cc1C#N. The summed E-state index contributed by atoms with van der Waals surface area (Å²) in [5, 5.41) is 20.9. The first kappa shape index (κ1) is 31.7. The van der Waals surface area contributed by atoms with Crippen molar-refractivity contribution in [2.75, 3.05) is 0 Å². The fourth-order valence-corrected chi connectivity index (χ4v) is 6.59. The van der Waals surface area contributed by atoms with Crippen molar-refractivity contribution in [3.63, 3.8) is 0 Å². The van der Waals surface area contributed by atoms with E-state index in [0.29, 0.717) is 10.8 Å². The molecule has 4 aromatic heterocycles. The number of para-hydroxylation sites is 4. The van der Waals surface area contributed by atoms with Crippen molar-refractivity contribution < 1.29 is 35.2 Å². The Bertz CT molecular complexity index is 2610. The molecule has 8 rings (SSSR count). The van der Waals surface area contributed by atoms with Gasteiger partial charge in [0.25, 0.3) is 0 Å². The summed E-state index contributed by atoms with van der Waals surface area (Å²) in [6.07, 6.45) is -6.47. The third-order valence-electron chi connectivity index (χ3n) is 8.95. The Kier molecular flexibility index (Phi) is 6.67. The van der Waals surface area contributed by atoms with E-state index in [-0.39, 0.29) is 67.1 Å². The Hall–Kier alpha value is -6.54. The minimum Gasteiger partial charge on any atom is -0.453 e. The van der Waals surface area contributed by atoms with Gasteiger partial charge in [0, 0.05) is 39.4 Å². The van der Waals surface area contributed by atoms with Crippen molar-refractivity contribution in [2.24, 2.45) is 0 Å². The first-order chi connectivity index (χ1) is 24.2. The lowest BCUT2D eigenvalue weighted by Gasteiger charge is -2.21. The molecule has 51 heavy (non-hydrogen) atoms. The van der Waals surface area contributed by atoms with Crippen LogP contribution in [0, 0.1) is 17.9 Å². The second-order valence-corrected chi connectivity index (χ2v) is 12.4. The number of rotatable bonds is 4. The molecule has 0 N–H and O–H groups in total. The van der Waals surface area contributed by atoms with Crippen molar-refractivity contribution in [2.45, 2.75) is 31.6 Å². The molecule has 0 radical (unpaired) electrons. The van der Waals surface area contributed by atoms with Crippen LogP contribution in [0.1, 0.15) is 41.9 Å². The number of halogens is 6. The Morgan fingerprint density at radius 2 is 1.08 bits per heavy atom. The molecule has 4 aromatic carbocycles. The third kappa shape index (κ3) is 4.75. The van der Waals surface area contributed by atoms with Gasteiger partial charge in [-0.05, 0) is 38.1 Å². The van der Waals surface area contributed by atoms with E-state index in [0.717, 1.165) is 12.1 Å². The predicted octanol–water partition coefficient (Wildman–Crippen LogP) is 10.6. The molecule has 0 spiro atoms. The van der Waals surface area contributed by atoms with Crippen LogP contribution >= 0.6 is 0 Å². The van der Waals surface area contributed by atoms with Gasteiger partial charge in [0.15, 0.2) is 11.2 Å². The van der Waals surface area contributed by atoms with Gasteiger partial charge in [0.05, 0.1) is 34.7 Å². The highest BCUT2D eigenvalue weighted by atomic mass is 19.4. The van der Waals surface area contributed by atoms with Crippen LogP contribution in [0.5, 0.6) is 0 Å². The molecular formula is C37H20F6N6O2. The van der Waals surface area contributed by atoms with Crippen molar-refractivity contribution in [3.8, 4) is 17.4 Å². The molecule has 8 aromatic rings. The zero-order valence-electron chi connectivity index (χ0n) is 26.4. The Labute approximate surface area is 283 Å². The molecule has 0 aliphatic heterocycles. The van der Waals surface area contributed by atoms with Gasteiger partial charge in [-0.3, -0.25) is 0 Å². The van der Waals surface area contributed by atoms with Crippen LogP contribution in [0.3, 0.4) is 0 Å². The molecule has 0 amide bonds. The van der Waals surface area contributed by atoms with Gasteiger partial charge < -0.3 is 8.83 Å². The van der Waals surface area contributed by atoms with E-state index in [1.807, 2.05) is 0 Å². The van der Waals surface area contributed by atoms with Crippen LogP contribution in [0.25, 0.3) is 60.1 Å². The van der Waals surface area contributed by atoms with Crippen molar-refractivity contribution >= 4 is 49.6 Å². The van der Waals surface area contributed by atoms with Gasteiger partial charge in [-0.2, -0.15) is 41.8 Å². The van der Waals surface area contributed by atoms with Crippen molar-refractivity contribution in [1.82, 2.24) is 19.6 Å². The van der Waals surface area contributed by atoms with Crippen LogP contribution in [-0.4, -0.2) is 19.6 Å². The maximum Gasteiger partial charge on any atom is 0.420 e. The molecule has 0 saturated carbocycles. The number of nitrogens with zero attached hydrogens (tertiary/aromatic N) is 6. The van der Waals surface area contributed by atoms with E-state index in [9.17, 15) is 31.6 Å². The molecule has 4 heterocycles. The average Bonchev–Trinajstić information content (AvgIpc) is 3.89. The van der Waals surface area contributed by atoms with E-state index in [1.54, 1.807) is 50.2 Å². The number of hydrogen-bond donors (Lipinski definition) is 0. The third-order valence-corrected chi connectivity index (χ3v) is 8.95. The first-order valence-corrected chi connectivity index (χ1v) is 15.2. The molecule has 0 aliphatic rings. The fraction of sp³-hybridized carbons (Fsp3) is 0.135. The summed E-state index contributed by atoms with van der Waals surface area (Å²) in [4.78, 5) is 3.65. The highest BCUT2D eigenvalue weighted by molar-refractivity contribution is 6.09. The maximum absolute atomic E-state index is 13.8. The van der Waals surface area contributed by atoms with Gasteiger partial charge in [0.2, 0.25) is 5.69 Å². The second kappa shape index (κ2) is 10.7. The predicted molar refractivity (Wildman–Crippen MR) is 175 cm³/mol. The van der Waals surface area contributed by atoms with E-state index in [4.69, 9.17) is 25.6 Å². The summed E-state index contributed by atoms with van der Waals surface area (Å²) >= 11 is 0. The van der Waals surface area contributed by atoms with Crippen LogP contribution < -0.4 is 0 Å². The molecule has 14 heteroatoms. The summed E-state index contributed by atoms with van der Waals surface area (Å²) < 4.78 is 97.3. The Morgan fingerprint density at radius 1 is 0.647 bits per heavy atom. The quantitative estimate of drug-likeness (QED) is 0.135. The summed E-state index contributed by atoms with van der Waals surface area (Å²) in [5.41, 5.74) is -2.30. The first-order valence-electron chi connectivity index (χ1n) is 15.2. The smallest absolute Gasteiger partial charge is 0.420 e. The van der Waals surface area contributed by atoms with E-state index >= 15 is 0 Å². The molecule has 0 fully saturated rings. The van der Waals surface area contributed by atoms with E-state index < -0.39 is 28.9 Å². The van der Waals surface area contributed by atoms with Crippen molar-refractivity contribution in [1.29, 1.82) is 5.26 Å². The minimum absolute atomic E-state index is 0.0848. The lowest BCUT2D eigenvalue weighted by molar-refractivity contribution is -0.137. The summed E-state index contributed by atoms with van der Waals surface area (Å²) in [6, 6.07) is 19.4.